The molecule has 1 aromatic carbocycles. The normalized spacial score (nSPS) is 14.2. The third-order valence-corrected chi connectivity index (χ3v) is 7.55. The van der Waals surface area contributed by atoms with Crippen molar-refractivity contribution in [3.8, 4) is 33.1 Å². The Morgan fingerprint density at radius 1 is 0.971 bits per heavy atom. The number of H-pyrrole nitrogens is 2. The van der Waals surface area contributed by atoms with Crippen molar-refractivity contribution in [2.75, 3.05) is 18.0 Å². The molecular weight excluding hydrogens is 456 g/mol. The number of nitrogens with two attached hydrogens (primary N) is 1. The topological polar surface area (TPSA) is 112 Å². The Balaban J connectivity index is 1.31. The van der Waals surface area contributed by atoms with Gasteiger partial charge in [-0.2, -0.15) is 5.10 Å². The van der Waals surface area contributed by atoms with Gasteiger partial charge in [-0.1, -0.05) is 6.07 Å². The van der Waals surface area contributed by atoms with E-state index < -0.39 is 0 Å². The Kier molecular flexibility index (Phi) is 4.48. The molecule has 0 aliphatic carbocycles. The number of benzene rings is 1. The molecule has 4 N–H and O–H groups in total. The second-order valence-corrected chi connectivity index (χ2v) is 10.3. The Morgan fingerprint density at radius 3 is 2.69 bits per heavy atom. The molecule has 7 rings (SSSR count). The zero-order chi connectivity index (χ0) is 23.5. The molecule has 1 fully saturated rings. The van der Waals surface area contributed by atoms with Crippen LogP contribution >= 0.6 is 11.3 Å². The van der Waals surface area contributed by atoms with Crippen LogP contribution in [0.5, 0.6) is 0 Å². The molecule has 1 saturated heterocycles. The number of aryl methyl sites for hydroxylation is 1. The molecule has 1 aliphatic rings. The lowest BCUT2D eigenvalue weighted by molar-refractivity contribution is 0.514. The smallest absolute Gasteiger partial charge is 0.147 e. The van der Waals surface area contributed by atoms with Crippen LogP contribution in [0.2, 0.25) is 0 Å². The molecule has 0 atom stereocenters. The van der Waals surface area contributed by atoms with Crippen molar-refractivity contribution in [3.05, 3.63) is 66.1 Å². The number of nitrogens with one attached hydrogen (secondary N) is 2. The van der Waals surface area contributed by atoms with Gasteiger partial charge in [-0.25, -0.2) is 4.98 Å². The summed E-state index contributed by atoms with van der Waals surface area (Å²) >= 11 is 1.77. The van der Waals surface area contributed by atoms with Gasteiger partial charge < -0.3 is 15.6 Å². The Labute approximate surface area is 204 Å². The van der Waals surface area contributed by atoms with Crippen molar-refractivity contribution < 1.29 is 0 Å². The predicted molar refractivity (Wildman–Crippen MR) is 140 cm³/mol. The van der Waals surface area contributed by atoms with Crippen LogP contribution in [0.25, 0.3) is 54.9 Å². The fraction of sp³-hybridized carbons (Fsp3) is 0.154. The molecule has 8 nitrogen and oxygen atoms in total. The van der Waals surface area contributed by atoms with Crippen molar-refractivity contribution in [1.82, 2.24) is 30.1 Å². The lowest BCUT2D eigenvalue weighted by Gasteiger charge is -2.37. The van der Waals surface area contributed by atoms with Gasteiger partial charge in [0.25, 0.3) is 0 Å². The third kappa shape index (κ3) is 3.39. The highest BCUT2D eigenvalue weighted by Crippen LogP contribution is 2.36. The zero-order valence-electron chi connectivity index (χ0n) is 19.0. The van der Waals surface area contributed by atoms with Gasteiger partial charge in [-0.05, 0) is 37.3 Å². The van der Waals surface area contributed by atoms with Crippen molar-refractivity contribution in [1.29, 1.82) is 0 Å². The minimum Gasteiger partial charge on any atom is -0.352 e. The van der Waals surface area contributed by atoms with E-state index in [1.165, 1.54) is 9.75 Å². The molecule has 0 saturated carbocycles. The number of hydrogen-bond donors (Lipinski definition) is 3. The minimum absolute atomic E-state index is 0.209. The summed E-state index contributed by atoms with van der Waals surface area (Å²) < 4.78 is 0. The van der Waals surface area contributed by atoms with Gasteiger partial charge in [0.2, 0.25) is 0 Å². The van der Waals surface area contributed by atoms with Crippen LogP contribution in [-0.2, 0) is 0 Å². The van der Waals surface area contributed by atoms with Crippen LogP contribution in [0.15, 0.2) is 61.2 Å². The highest BCUT2D eigenvalue weighted by molar-refractivity contribution is 7.15. The first-order valence-corrected chi connectivity index (χ1v) is 12.3. The number of nitrogens with zero attached hydrogens (tertiary/aromatic N) is 5. The van der Waals surface area contributed by atoms with Crippen molar-refractivity contribution in [2.45, 2.75) is 13.0 Å². The second-order valence-electron chi connectivity index (χ2n) is 9.00. The summed E-state index contributed by atoms with van der Waals surface area (Å²) in [5, 5.41) is 9.97. The maximum atomic E-state index is 5.94. The second kappa shape index (κ2) is 7.72. The molecular formula is C26H22N8S. The minimum atomic E-state index is 0.209. The molecule has 0 radical (unpaired) electrons. The van der Waals surface area contributed by atoms with Crippen molar-refractivity contribution in [2.24, 2.45) is 5.73 Å². The van der Waals surface area contributed by atoms with E-state index in [0.717, 1.165) is 68.9 Å². The molecule has 6 heterocycles. The SMILES string of the molecule is Cc1ccc(-c2cncc3[nH]c(-c4n[nH]c5ccc(-c6cncc(N7CC(N)C7)n6)cc45)cc23)s1. The molecule has 1 aliphatic heterocycles. The van der Waals surface area contributed by atoms with Gasteiger partial charge in [0, 0.05) is 57.0 Å². The Bertz CT molecular complexity index is 1710. The quantitative estimate of drug-likeness (QED) is 0.337. The number of fused-ring (bicyclic) bond motifs is 2. The summed E-state index contributed by atoms with van der Waals surface area (Å²) in [7, 11) is 0. The predicted octanol–water partition coefficient (Wildman–Crippen LogP) is 4.75. The number of hydrogen-bond acceptors (Lipinski definition) is 7. The lowest BCUT2D eigenvalue weighted by atomic mass is 10.1. The largest absolute Gasteiger partial charge is 0.352 e. The molecule has 0 bridgehead atoms. The van der Waals surface area contributed by atoms with Crippen LogP contribution < -0.4 is 10.6 Å². The number of thiophene rings is 1. The monoisotopic (exact) mass is 478 g/mol. The van der Waals surface area contributed by atoms with E-state index in [-0.39, 0.29) is 6.04 Å². The van der Waals surface area contributed by atoms with Crippen LogP contribution in [0.3, 0.4) is 0 Å². The van der Waals surface area contributed by atoms with Crippen molar-refractivity contribution in [3.63, 3.8) is 0 Å². The van der Waals surface area contributed by atoms with E-state index in [9.17, 15) is 0 Å². The molecule has 0 amide bonds. The number of anilines is 1. The van der Waals surface area contributed by atoms with Crippen LogP contribution in [0, 0.1) is 6.92 Å². The number of rotatable bonds is 4. The average molecular weight is 479 g/mol. The number of pyridine rings is 1. The molecule has 9 heteroatoms. The van der Waals surface area contributed by atoms with E-state index in [1.807, 2.05) is 24.5 Å². The van der Waals surface area contributed by atoms with E-state index in [0.29, 0.717) is 0 Å². The summed E-state index contributed by atoms with van der Waals surface area (Å²) in [5.41, 5.74) is 12.7. The zero-order valence-corrected chi connectivity index (χ0v) is 19.8. The highest BCUT2D eigenvalue weighted by Gasteiger charge is 2.24. The lowest BCUT2D eigenvalue weighted by Crippen LogP contribution is -2.56. The molecule has 0 unspecified atom stereocenters. The van der Waals surface area contributed by atoms with Gasteiger partial charge in [0.1, 0.15) is 11.5 Å². The van der Waals surface area contributed by atoms with Gasteiger partial charge in [-0.3, -0.25) is 15.1 Å². The fourth-order valence-electron chi connectivity index (χ4n) is 4.68. The Morgan fingerprint density at radius 2 is 1.86 bits per heavy atom. The van der Waals surface area contributed by atoms with E-state index >= 15 is 0 Å². The first-order valence-electron chi connectivity index (χ1n) is 11.5. The molecule has 35 heavy (non-hydrogen) atoms. The first kappa shape index (κ1) is 20.3. The average Bonchev–Trinajstić information content (AvgIpc) is 3.59. The van der Waals surface area contributed by atoms with Crippen LogP contribution in [0.4, 0.5) is 5.82 Å². The Hall–Kier alpha value is -4.08. The molecule has 0 spiro atoms. The van der Waals surface area contributed by atoms with Crippen molar-refractivity contribution >= 4 is 39.0 Å². The molecule has 6 aromatic rings. The maximum Gasteiger partial charge on any atom is 0.147 e. The number of aromatic amines is 2. The standard InChI is InChI=1S/C26H22N8S/c1-14-2-5-24(35-14)19-8-28-10-23-17(19)7-21(30-23)26-18-6-15(3-4-20(18)32-33-26)22-9-29-11-25(31-22)34-12-16(27)13-34/h2-11,16,30H,12-13,27H2,1H3,(H,32,33). The van der Waals surface area contributed by atoms with Gasteiger partial charge in [-0.15, -0.1) is 11.3 Å². The first-order chi connectivity index (χ1) is 17.1. The summed E-state index contributed by atoms with van der Waals surface area (Å²) in [6.07, 6.45) is 7.39. The summed E-state index contributed by atoms with van der Waals surface area (Å²) in [6.45, 7) is 3.74. The fourth-order valence-corrected chi connectivity index (χ4v) is 5.57. The van der Waals surface area contributed by atoms with Crippen LogP contribution in [0.1, 0.15) is 4.88 Å². The molecule has 5 aromatic heterocycles. The van der Waals surface area contributed by atoms with Gasteiger partial charge in [0.05, 0.1) is 41.0 Å². The summed E-state index contributed by atoms with van der Waals surface area (Å²) in [5.74, 6) is 0.858. The number of aromatic nitrogens is 6. The third-order valence-electron chi connectivity index (χ3n) is 6.52. The summed E-state index contributed by atoms with van der Waals surface area (Å²) in [6, 6.07) is 12.9. The molecule has 172 valence electrons. The van der Waals surface area contributed by atoms with E-state index in [1.54, 1.807) is 23.7 Å². The van der Waals surface area contributed by atoms with Gasteiger partial charge in [0.15, 0.2) is 0 Å². The highest BCUT2D eigenvalue weighted by atomic mass is 32.1. The van der Waals surface area contributed by atoms with E-state index in [4.69, 9.17) is 10.7 Å². The van der Waals surface area contributed by atoms with Crippen LogP contribution in [-0.4, -0.2) is 49.3 Å². The summed E-state index contributed by atoms with van der Waals surface area (Å²) in [4.78, 5) is 21.9. The maximum absolute atomic E-state index is 5.94. The van der Waals surface area contributed by atoms with E-state index in [2.05, 4.69) is 61.2 Å². The van der Waals surface area contributed by atoms with Gasteiger partial charge >= 0.3 is 0 Å².